The second kappa shape index (κ2) is 10.7. The standard InChI is InChI=1S/C37H43BN4O6/c1-18(2)30(41-35(44)45-8)34(43)42-28(15-24-19(3)32(24)42)33-39-27-12-9-20-14-26-23-11-10-22(38-47-36(4,5)37(6,7)48-38)13-21(23)17-46-29(26)16-25(20)31(27)40-33/h9-14,16,18-19,24,28,30,32H,15,17H2,1-8H3,(H,39,40)(H,41,44)/t19?,24?,28-,30-,32?/m0/s1. The number of imidazole rings is 1. The molecule has 2 saturated heterocycles. The predicted molar refractivity (Wildman–Crippen MR) is 184 cm³/mol. The number of H-pyrrole nitrogens is 1. The molecule has 3 aliphatic heterocycles. The van der Waals surface area contributed by atoms with Crippen molar-refractivity contribution in [1.82, 2.24) is 20.2 Å². The lowest BCUT2D eigenvalue weighted by Gasteiger charge is -2.32. The number of aromatic nitrogens is 2. The normalized spacial score (nSPS) is 25.4. The molecule has 1 saturated carbocycles. The van der Waals surface area contributed by atoms with Gasteiger partial charge in [0.25, 0.3) is 0 Å². The molecular formula is C37H43BN4O6. The third kappa shape index (κ3) is 4.72. The zero-order valence-corrected chi connectivity index (χ0v) is 28.8. The van der Waals surface area contributed by atoms with Crippen LogP contribution in [0.25, 0.3) is 32.9 Å². The number of ether oxygens (including phenoxy) is 2. The van der Waals surface area contributed by atoms with Gasteiger partial charge in [0.2, 0.25) is 5.91 Å². The Bertz CT molecular complexity index is 1970. The second-order valence-electron chi connectivity index (χ2n) is 15.3. The van der Waals surface area contributed by atoms with Crippen molar-refractivity contribution in [3.63, 3.8) is 0 Å². The average Bonchev–Trinajstić information content (AvgIpc) is 3.38. The second-order valence-corrected chi connectivity index (χ2v) is 15.3. The number of likely N-dealkylation sites (tertiary alicyclic amines) is 1. The zero-order chi connectivity index (χ0) is 33.9. The summed E-state index contributed by atoms with van der Waals surface area (Å²) in [6.45, 7) is 14.8. The van der Waals surface area contributed by atoms with Gasteiger partial charge in [0.15, 0.2) is 0 Å². The van der Waals surface area contributed by atoms with Gasteiger partial charge < -0.3 is 34.0 Å². The summed E-state index contributed by atoms with van der Waals surface area (Å²) in [4.78, 5) is 36.8. The molecule has 48 heavy (non-hydrogen) atoms. The van der Waals surface area contributed by atoms with E-state index in [0.29, 0.717) is 18.4 Å². The fourth-order valence-electron chi connectivity index (χ4n) is 7.93. The van der Waals surface area contributed by atoms with E-state index in [-0.39, 0.29) is 23.9 Å². The number of nitrogens with zero attached hydrogens (tertiary/aromatic N) is 2. The van der Waals surface area contributed by atoms with Gasteiger partial charge in [-0.15, -0.1) is 0 Å². The Morgan fingerprint density at radius 2 is 1.81 bits per heavy atom. The van der Waals surface area contributed by atoms with Crippen LogP contribution in [0.1, 0.15) is 72.3 Å². The molecule has 1 aromatic heterocycles. The summed E-state index contributed by atoms with van der Waals surface area (Å²) in [6, 6.07) is 14.1. The van der Waals surface area contributed by atoms with Crippen molar-refractivity contribution in [3.8, 4) is 16.9 Å². The lowest BCUT2D eigenvalue weighted by atomic mass is 9.77. The SMILES string of the molecule is COC(=O)N[C@H](C(=O)N1C2C(C)C2C[C@H]1c1nc2c(ccc3cc4c(cc32)OCc2cc(B3OC(C)(C)C(C)(C)O3)ccc2-4)[nH]1)C(C)C. The number of benzene rings is 3. The number of nitrogens with one attached hydrogen (secondary N) is 2. The fraction of sp³-hybridized carbons (Fsp3) is 0.486. The number of carbonyl (C=O) groups is 2. The van der Waals surface area contributed by atoms with E-state index in [9.17, 15) is 9.59 Å². The molecule has 0 spiro atoms. The molecular weight excluding hydrogens is 607 g/mol. The van der Waals surface area contributed by atoms with E-state index in [1.165, 1.54) is 7.11 Å². The van der Waals surface area contributed by atoms with Crippen molar-refractivity contribution in [3.05, 3.63) is 53.9 Å². The van der Waals surface area contributed by atoms with E-state index in [1.54, 1.807) is 0 Å². The van der Waals surface area contributed by atoms with Gasteiger partial charge in [0.1, 0.15) is 24.2 Å². The first-order valence-electron chi connectivity index (χ1n) is 17.0. The molecule has 11 heteroatoms. The van der Waals surface area contributed by atoms with E-state index in [0.717, 1.165) is 62.0 Å². The number of piperidine rings is 1. The summed E-state index contributed by atoms with van der Waals surface area (Å²) in [5.41, 5.74) is 5.20. The Morgan fingerprint density at radius 3 is 2.52 bits per heavy atom. The van der Waals surface area contributed by atoms with Crippen molar-refractivity contribution in [2.75, 3.05) is 7.11 Å². The van der Waals surface area contributed by atoms with E-state index in [2.05, 4.69) is 87.4 Å². The van der Waals surface area contributed by atoms with Gasteiger partial charge in [-0.25, -0.2) is 9.78 Å². The summed E-state index contributed by atoms with van der Waals surface area (Å²) in [7, 11) is 0.883. The third-order valence-electron chi connectivity index (χ3n) is 11.5. The number of carbonyl (C=O) groups excluding carboxylic acids is 2. The van der Waals surface area contributed by atoms with Crippen molar-refractivity contribution < 1.29 is 28.4 Å². The molecule has 8 rings (SSSR count). The van der Waals surface area contributed by atoms with Crippen LogP contribution in [0.4, 0.5) is 4.79 Å². The molecule has 5 atom stereocenters. The van der Waals surface area contributed by atoms with E-state index >= 15 is 0 Å². The highest BCUT2D eigenvalue weighted by Gasteiger charge is 2.61. The van der Waals surface area contributed by atoms with Gasteiger partial charge in [-0.2, -0.15) is 0 Å². The van der Waals surface area contributed by atoms with Crippen LogP contribution in [-0.4, -0.2) is 64.4 Å². The number of methoxy groups -OCH3 is 1. The van der Waals surface area contributed by atoms with Gasteiger partial charge in [-0.3, -0.25) is 4.79 Å². The lowest BCUT2D eigenvalue weighted by molar-refractivity contribution is -0.137. The van der Waals surface area contributed by atoms with Gasteiger partial charge >= 0.3 is 13.2 Å². The number of hydrogen-bond acceptors (Lipinski definition) is 7. The van der Waals surface area contributed by atoms with Crippen LogP contribution in [0, 0.1) is 17.8 Å². The van der Waals surface area contributed by atoms with Crippen LogP contribution in [0.3, 0.4) is 0 Å². The average molecular weight is 651 g/mol. The molecule has 2 amide bonds. The molecule has 4 aliphatic rings. The highest BCUT2D eigenvalue weighted by Crippen LogP contribution is 2.57. The molecule has 4 aromatic rings. The van der Waals surface area contributed by atoms with Crippen LogP contribution in [0.2, 0.25) is 0 Å². The molecule has 3 aromatic carbocycles. The Labute approximate surface area is 281 Å². The maximum Gasteiger partial charge on any atom is 0.494 e. The predicted octanol–water partition coefficient (Wildman–Crippen LogP) is 5.86. The maximum atomic E-state index is 14.0. The number of hydrogen-bond donors (Lipinski definition) is 2. The van der Waals surface area contributed by atoms with Crippen LogP contribution in [-0.2, 0) is 25.4 Å². The molecule has 0 bridgehead atoms. The highest BCUT2D eigenvalue weighted by molar-refractivity contribution is 6.62. The molecule has 0 radical (unpaired) electrons. The minimum atomic E-state index is -0.684. The van der Waals surface area contributed by atoms with Crippen LogP contribution in [0.15, 0.2) is 42.5 Å². The van der Waals surface area contributed by atoms with Gasteiger partial charge in [0, 0.05) is 17.0 Å². The van der Waals surface area contributed by atoms with Crippen molar-refractivity contribution >= 4 is 46.4 Å². The first kappa shape index (κ1) is 31.2. The highest BCUT2D eigenvalue weighted by atomic mass is 16.7. The van der Waals surface area contributed by atoms with Crippen LogP contribution >= 0.6 is 0 Å². The Balaban J connectivity index is 1.12. The van der Waals surface area contributed by atoms with E-state index in [4.69, 9.17) is 23.8 Å². The van der Waals surface area contributed by atoms with Crippen molar-refractivity contribution in [2.24, 2.45) is 17.8 Å². The lowest BCUT2D eigenvalue weighted by Crippen LogP contribution is -2.52. The molecule has 3 fully saturated rings. The zero-order valence-electron chi connectivity index (χ0n) is 28.8. The molecule has 10 nitrogen and oxygen atoms in total. The summed E-state index contributed by atoms with van der Waals surface area (Å²) >= 11 is 0. The van der Waals surface area contributed by atoms with Crippen LogP contribution < -0.4 is 15.5 Å². The minimum absolute atomic E-state index is 0.0923. The topological polar surface area (TPSA) is 115 Å². The van der Waals surface area contributed by atoms with Gasteiger partial charge in [0.05, 0.1) is 35.4 Å². The third-order valence-corrected chi connectivity index (χ3v) is 11.5. The quantitative estimate of drug-likeness (QED) is 0.260. The molecule has 250 valence electrons. The summed E-state index contributed by atoms with van der Waals surface area (Å²) in [5.74, 6) is 2.23. The number of amides is 2. The molecule has 2 N–H and O–H groups in total. The molecule has 1 aliphatic carbocycles. The Hall–Kier alpha value is -4.09. The number of aromatic amines is 1. The fourth-order valence-corrected chi connectivity index (χ4v) is 7.93. The Kier molecular flexibility index (Phi) is 6.96. The Morgan fingerprint density at radius 1 is 1.06 bits per heavy atom. The number of rotatable bonds is 5. The van der Waals surface area contributed by atoms with Gasteiger partial charge in [-0.1, -0.05) is 45.0 Å². The molecule has 3 unspecified atom stereocenters. The van der Waals surface area contributed by atoms with E-state index in [1.807, 2.05) is 18.7 Å². The number of fused-ring (bicyclic) bond motifs is 7. The van der Waals surface area contributed by atoms with Crippen LogP contribution in [0.5, 0.6) is 5.75 Å². The minimum Gasteiger partial charge on any atom is -0.488 e. The van der Waals surface area contributed by atoms with Gasteiger partial charge in [-0.05, 0) is 92.0 Å². The van der Waals surface area contributed by atoms with E-state index < -0.39 is 30.5 Å². The smallest absolute Gasteiger partial charge is 0.488 e. The largest absolute Gasteiger partial charge is 0.494 e. The summed E-state index contributed by atoms with van der Waals surface area (Å²) in [6.07, 6.45) is 0.230. The summed E-state index contributed by atoms with van der Waals surface area (Å²) < 4.78 is 23.8. The van der Waals surface area contributed by atoms with Crippen molar-refractivity contribution in [2.45, 2.75) is 90.8 Å². The monoisotopic (exact) mass is 650 g/mol. The summed E-state index contributed by atoms with van der Waals surface area (Å²) in [5, 5.41) is 4.82. The first-order valence-corrected chi connectivity index (χ1v) is 17.0. The molecule has 4 heterocycles. The first-order chi connectivity index (χ1) is 22.8. The number of alkyl carbamates (subject to hydrolysis) is 1. The maximum absolute atomic E-state index is 14.0. The van der Waals surface area contributed by atoms with Crippen molar-refractivity contribution in [1.29, 1.82) is 0 Å².